The lowest BCUT2D eigenvalue weighted by molar-refractivity contribution is -0.384. The van der Waals surface area contributed by atoms with E-state index in [9.17, 15) is 19.7 Å². The number of oxazole rings is 1. The van der Waals surface area contributed by atoms with Crippen molar-refractivity contribution < 1.29 is 14.1 Å². The molecule has 1 aromatic carbocycles. The van der Waals surface area contributed by atoms with Crippen molar-refractivity contribution in [2.45, 2.75) is 32.4 Å². The van der Waals surface area contributed by atoms with Crippen molar-refractivity contribution in [3.63, 3.8) is 0 Å². The number of nitro groups is 1. The number of aromatic nitrogens is 1. The third-order valence-electron chi connectivity index (χ3n) is 5.34. The largest absolute Gasteiger partial charge is 0.421 e. The highest BCUT2D eigenvalue weighted by molar-refractivity contribution is 5.79. The molecule has 0 spiro atoms. The zero-order chi connectivity index (χ0) is 19.0. The van der Waals surface area contributed by atoms with E-state index in [4.69, 9.17) is 4.42 Å². The molecule has 2 aromatic rings. The zero-order valence-electron chi connectivity index (χ0n) is 14.9. The molecule has 2 fully saturated rings. The van der Waals surface area contributed by atoms with Gasteiger partial charge in [-0.15, -0.1) is 0 Å². The lowest BCUT2D eigenvalue weighted by Gasteiger charge is -2.31. The molecule has 1 aliphatic heterocycles. The Labute approximate surface area is 155 Å². The number of nitrogens with zero attached hydrogens (tertiary/aromatic N) is 3. The van der Waals surface area contributed by atoms with Gasteiger partial charge in [0, 0.05) is 25.2 Å². The van der Waals surface area contributed by atoms with Crippen LogP contribution in [-0.4, -0.2) is 39.9 Å². The number of carbonyl (C=O) groups excluding carboxylic acids is 1. The number of nitro benzene ring substituents is 1. The van der Waals surface area contributed by atoms with Crippen molar-refractivity contribution >= 4 is 22.7 Å². The van der Waals surface area contributed by atoms with Crippen molar-refractivity contribution in [2.75, 3.05) is 19.6 Å². The fourth-order valence-corrected chi connectivity index (χ4v) is 3.61. The smallest absolute Gasteiger partial charge is 0.408 e. The first-order valence-corrected chi connectivity index (χ1v) is 9.29. The maximum atomic E-state index is 12.4. The predicted octanol–water partition coefficient (Wildman–Crippen LogP) is 1.70. The molecule has 1 atom stereocenters. The summed E-state index contributed by atoms with van der Waals surface area (Å²) in [5, 5.41) is 14.0. The Kier molecular flexibility index (Phi) is 4.69. The molecule has 0 bridgehead atoms. The van der Waals surface area contributed by atoms with E-state index in [0.29, 0.717) is 23.6 Å². The summed E-state index contributed by atoms with van der Waals surface area (Å²) in [5.41, 5.74) is 0.629. The van der Waals surface area contributed by atoms with Crippen LogP contribution in [0.2, 0.25) is 0 Å². The van der Waals surface area contributed by atoms with Crippen LogP contribution in [0.4, 0.5) is 5.69 Å². The SMILES string of the molecule is O=C(NCC1CC1)[C@H]1CCCN(Cn2c(=O)oc3ccc([N+](=O)[O-])cc32)C1. The number of nitrogens with one attached hydrogen (secondary N) is 1. The second-order valence-electron chi connectivity index (χ2n) is 7.45. The molecule has 1 N–H and O–H groups in total. The maximum absolute atomic E-state index is 12.4. The molecule has 1 saturated carbocycles. The molecular weight excluding hydrogens is 352 g/mol. The van der Waals surface area contributed by atoms with Gasteiger partial charge in [0.2, 0.25) is 5.91 Å². The Morgan fingerprint density at radius 3 is 2.89 bits per heavy atom. The Bertz CT molecular complexity index is 929. The van der Waals surface area contributed by atoms with Crippen molar-refractivity contribution in [3.8, 4) is 0 Å². The van der Waals surface area contributed by atoms with Crippen LogP contribution in [0.25, 0.3) is 11.1 Å². The van der Waals surface area contributed by atoms with Gasteiger partial charge in [-0.3, -0.25) is 24.4 Å². The molecule has 0 unspecified atom stereocenters. The summed E-state index contributed by atoms with van der Waals surface area (Å²) < 4.78 is 6.60. The molecule has 1 aromatic heterocycles. The maximum Gasteiger partial charge on any atom is 0.421 e. The molecule has 9 nitrogen and oxygen atoms in total. The molecule has 0 radical (unpaired) electrons. The summed E-state index contributed by atoms with van der Waals surface area (Å²) >= 11 is 0. The predicted molar refractivity (Wildman–Crippen MR) is 97.2 cm³/mol. The lowest BCUT2D eigenvalue weighted by atomic mass is 9.97. The van der Waals surface area contributed by atoms with Gasteiger partial charge in [0.1, 0.15) is 0 Å². The quantitative estimate of drug-likeness (QED) is 0.609. The number of rotatable bonds is 6. The number of piperidine rings is 1. The fraction of sp³-hybridized carbons (Fsp3) is 0.556. The van der Waals surface area contributed by atoms with Gasteiger partial charge in [0.25, 0.3) is 5.69 Å². The van der Waals surface area contributed by atoms with E-state index in [1.807, 2.05) is 4.90 Å². The van der Waals surface area contributed by atoms with Gasteiger partial charge in [-0.2, -0.15) is 0 Å². The van der Waals surface area contributed by atoms with Gasteiger partial charge < -0.3 is 9.73 Å². The standard InChI is InChI=1S/C18H22N4O5/c23-17(19-9-12-3-4-12)13-2-1-7-20(10-13)11-21-15-8-14(22(25)26)5-6-16(15)27-18(21)24/h5-6,8,12-13H,1-4,7,9-11H2,(H,19,23)/t13-/m0/s1. The van der Waals surface area contributed by atoms with E-state index < -0.39 is 10.7 Å². The van der Waals surface area contributed by atoms with E-state index in [2.05, 4.69) is 5.32 Å². The molecule has 144 valence electrons. The van der Waals surface area contributed by atoms with Crippen LogP contribution in [0, 0.1) is 22.0 Å². The van der Waals surface area contributed by atoms with Crippen molar-refractivity contribution in [1.82, 2.24) is 14.8 Å². The third kappa shape index (κ3) is 3.87. The first-order valence-electron chi connectivity index (χ1n) is 9.29. The third-order valence-corrected chi connectivity index (χ3v) is 5.34. The monoisotopic (exact) mass is 374 g/mol. The number of carbonyl (C=O) groups is 1. The van der Waals surface area contributed by atoms with E-state index in [1.165, 1.54) is 35.6 Å². The molecule has 2 heterocycles. The average Bonchev–Trinajstić information content (AvgIpc) is 3.44. The molecule has 4 rings (SSSR count). The fourth-order valence-electron chi connectivity index (χ4n) is 3.61. The Hall–Kier alpha value is -2.68. The normalized spacial score (nSPS) is 20.7. The van der Waals surface area contributed by atoms with E-state index in [1.54, 1.807) is 0 Å². The summed E-state index contributed by atoms with van der Waals surface area (Å²) in [6, 6.07) is 4.11. The number of hydrogen-bond donors (Lipinski definition) is 1. The highest BCUT2D eigenvalue weighted by atomic mass is 16.6. The summed E-state index contributed by atoms with van der Waals surface area (Å²) in [5.74, 6) is 0.0680. The van der Waals surface area contributed by atoms with Gasteiger partial charge in [-0.1, -0.05) is 0 Å². The molecule has 27 heavy (non-hydrogen) atoms. The minimum absolute atomic E-state index is 0.0756. The topological polar surface area (TPSA) is 111 Å². The zero-order valence-corrected chi connectivity index (χ0v) is 14.9. The molecule has 9 heteroatoms. The van der Waals surface area contributed by atoms with Crippen LogP contribution in [0.3, 0.4) is 0 Å². The second kappa shape index (κ2) is 7.15. The summed E-state index contributed by atoms with van der Waals surface area (Å²) in [4.78, 5) is 37.1. The van der Waals surface area contributed by atoms with Crippen LogP contribution in [0.15, 0.2) is 27.4 Å². The summed E-state index contributed by atoms with van der Waals surface area (Å²) in [6.45, 7) is 2.33. The number of fused-ring (bicyclic) bond motifs is 1. The highest BCUT2D eigenvalue weighted by Gasteiger charge is 2.28. The van der Waals surface area contributed by atoms with Gasteiger partial charge in [0.15, 0.2) is 5.58 Å². The molecule has 1 amide bonds. The van der Waals surface area contributed by atoms with Crippen LogP contribution >= 0.6 is 0 Å². The number of non-ortho nitro benzene ring substituents is 1. The molecule has 2 aliphatic rings. The van der Waals surface area contributed by atoms with Crippen molar-refractivity contribution in [3.05, 3.63) is 38.9 Å². The van der Waals surface area contributed by atoms with E-state index in [-0.39, 0.29) is 24.2 Å². The van der Waals surface area contributed by atoms with Crippen LogP contribution in [0.5, 0.6) is 0 Å². The second-order valence-corrected chi connectivity index (χ2v) is 7.45. The first kappa shape index (κ1) is 17.7. The van der Waals surface area contributed by atoms with Gasteiger partial charge in [-0.25, -0.2) is 4.79 Å². The summed E-state index contributed by atoms with van der Waals surface area (Å²) in [6.07, 6.45) is 4.09. The van der Waals surface area contributed by atoms with Crippen molar-refractivity contribution in [1.29, 1.82) is 0 Å². The molecule has 1 aliphatic carbocycles. The number of amides is 1. The highest BCUT2D eigenvalue weighted by Crippen LogP contribution is 2.28. The molecular formula is C18H22N4O5. The number of benzene rings is 1. The van der Waals surface area contributed by atoms with E-state index >= 15 is 0 Å². The van der Waals surface area contributed by atoms with Gasteiger partial charge in [-0.05, 0) is 44.2 Å². The Balaban J connectivity index is 1.48. The minimum Gasteiger partial charge on any atom is -0.408 e. The van der Waals surface area contributed by atoms with Crippen LogP contribution < -0.4 is 11.1 Å². The Morgan fingerprint density at radius 2 is 2.15 bits per heavy atom. The van der Waals surface area contributed by atoms with Crippen LogP contribution in [0.1, 0.15) is 25.7 Å². The van der Waals surface area contributed by atoms with Crippen LogP contribution in [-0.2, 0) is 11.5 Å². The van der Waals surface area contributed by atoms with Gasteiger partial charge >= 0.3 is 5.76 Å². The van der Waals surface area contributed by atoms with Gasteiger partial charge in [0.05, 0.1) is 23.0 Å². The number of hydrogen-bond acceptors (Lipinski definition) is 6. The van der Waals surface area contributed by atoms with Crippen molar-refractivity contribution in [2.24, 2.45) is 11.8 Å². The minimum atomic E-state index is -0.550. The lowest BCUT2D eigenvalue weighted by Crippen LogP contribution is -2.44. The number of likely N-dealkylation sites (tertiary alicyclic amines) is 1. The molecule has 1 saturated heterocycles. The summed E-state index contributed by atoms with van der Waals surface area (Å²) in [7, 11) is 0. The average molecular weight is 374 g/mol. The first-order chi connectivity index (χ1) is 13.0. The Morgan fingerprint density at radius 1 is 1.33 bits per heavy atom. The van der Waals surface area contributed by atoms with E-state index in [0.717, 1.165) is 25.9 Å².